The van der Waals surface area contributed by atoms with Crippen molar-refractivity contribution >= 4 is 28.0 Å². The Bertz CT molecular complexity index is 1090. The number of aromatic nitrogens is 1. The Morgan fingerprint density at radius 1 is 1.03 bits per heavy atom. The van der Waals surface area contributed by atoms with Crippen LogP contribution in [0.15, 0.2) is 48.7 Å². The van der Waals surface area contributed by atoms with Crippen LogP contribution in [0.2, 0.25) is 0 Å². The number of carbonyl (C=O) groups excluding carboxylic acids is 2. The fraction of sp³-hybridized carbons (Fsp3) is 0.435. The molecule has 2 heterocycles. The quantitative estimate of drug-likeness (QED) is 0.573. The number of carbonyl (C=O) groups is 2. The van der Waals surface area contributed by atoms with Crippen LogP contribution < -0.4 is 4.31 Å². The molecular weight excluding hydrogens is 460 g/mol. The van der Waals surface area contributed by atoms with E-state index in [1.165, 1.54) is 26.8 Å². The molecule has 0 bridgehead atoms. The zero-order valence-electron chi connectivity index (χ0n) is 19.8. The molecule has 0 saturated carbocycles. The molecular formula is C23H30N4O6S. The van der Waals surface area contributed by atoms with Gasteiger partial charge in [0.05, 0.1) is 30.6 Å². The summed E-state index contributed by atoms with van der Waals surface area (Å²) in [4.78, 5) is 29.8. The van der Waals surface area contributed by atoms with Crippen LogP contribution in [0.5, 0.6) is 0 Å². The lowest BCUT2D eigenvalue weighted by Crippen LogP contribution is -2.54. The number of methoxy groups -OCH3 is 1. The van der Waals surface area contributed by atoms with Crippen LogP contribution in [0.1, 0.15) is 36.8 Å². The molecule has 10 nitrogen and oxygen atoms in total. The first-order valence-corrected chi connectivity index (χ1v) is 12.2. The van der Waals surface area contributed by atoms with Crippen molar-refractivity contribution < 1.29 is 27.5 Å². The summed E-state index contributed by atoms with van der Waals surface area (Å²) in [5.74, 6) is -0.519. The summed E-state index contributed by atoms with van der Waals surface area (Å²) < 4.78 is 40.0. The fourth-order valence-electron chi connectivity index (χ4n) is 3.37. The molecule has 1 saturated heterocycles. The van der Waals surface area contributed by atoms with E-state index in [1.807, 2.05) is 0 Å². The Morgan fingerprint density at radius 3 is 2.21 bits per heavy atom. The Morgan fingerprint density at radius 2 is 1.68 bits per heavy atom. The number of esters is 1. The fourth-order valence-corrected chi connectivity index (χ4v) is 4.96. The van der Waals surface area contributed by atoms with Crippen molar-refractivity contribution in [2.75, 3.05) is 37.6 Å². The molecule has 0 aliphatic carbocycles. The molecule has 2 aromatic rings. The highest BCUT2D eigenvalue weighted by Gasteiger charge is 2.35. The zero-order chi connectivity index (χ0) is 24.9. The topological polar surface area (TPSA) is 109 Å². The average molecular weight is 491 g/mol. The number of anilines is 1. The number of pyridine rings is 1. The summed E-state index contributed by atoms with van der Waals surface area (Å²) in [6, 6.07) is 11.9. The van der Waals surface area contributed by atoms with E-state index in [1.54, 1.807) is 63.2 Å². The van der Waals surface area contributed by atoms with Gasteiger partial charge in [-0.25, -0.2) is 9.59 Å². The highest BCUT2D eigenvalue weighted by molar-refractivity contribution is 7.90. The molecule has 0 unspecified atom stereocenters. The molecule has 1 aromatic heterocycles. The molecule has 0 radical (unpaired) electrons. The van der Waals surface area contributed by atoms with Gasteiger partial charge >= 0.3 is 22.3 Å². The molecule has 0 atom stereocenters. The predicted octanol–water partition coefficient (Wildman–Crippen LogP) is 2.67. The summed E-state index contributed by atoms with van der Waals surface area (Å²) in [5, 5.41) is 0. The largest absolute Gasteiger partial charge is 0.465 e. The average Bonchev–Trinajstić information content (AvgIpc) is 2.82. The van der Waals surface area contributed by atoms with E-state index >= 15 is 0 Å². The number of para-hydroxylation sites is 1. The minimum absolute atomic E-state index is 0.0277. The van der Waals surface area contributed by atoms with Crippen molar-refractivity contribution in [2.24, 2.45) is 0 Å². The summed E-state index contributed by atoms with van der Waals surface area (Å²) in [5.41, 5.74) is 0.600. The van der Waals surface area contributed by atoms with Crippen molar-refractivity contribution in [1.82, 2.24) is 14.2 Å². The molecule has 1 aliphatic rings. The zero-order valence-corrected chi connectivity index (χ0v) is 20.6. The van der Waals surface area contributed by atoms with E-state index in [0.29, 0.717) is 11.4 Å². The summed E-state index contributed by atoms with van der Waals surface area (Å²) in [6.07, 6.45) is 0.899. The first-order chi connectivity index (χ1) is 16.0. The number of hydrogen-bond donors (Lipinski definition) is 0. The van der Waals surface area contributed by atoms with E-state index in [0.717, 1.165) is 0 Å². The van der Waals surface area contributed by atoms with Gasteiger partial charge in [-0.2, -0.15) is 12.7 Å². The van der Waals surface area contributed by atoms with E-state index in [-0.39, 0.29) is 38.3 Å². The minimum atomic E-state index is -3.93. The summed E-state index contributed by atoms with van der Waals surface area (Å²) in [7, 11) is -2.65. The van der Waals surface area contributed by atoms with Gasteiger partial charge in [-0.15, -0.1) is 0 Å². The first kappa shape index (κ1) is 25.4. The van der Waals surface area contributed by atoms with Crippen LogP contribution in [0.25, 0.3) is 0 Å². The van der Waals surface area contributed by atoms with Gasteiger partial charge in [0.25, 0.3) is 0 Å². The lowest BCUT2D eigenvalue weighted by molar-refractivity contribution is 0.0192. The molecule has 34 heavy (non-hydrogen) atoms. The van der Waals surface area contributed by atoms with Crippen LogP contribution in [0, 0.1) is 0 Å². The number of benzene rings is 1. The second kappa shape index (κ2) is 10.4. The van der Waals surface area contributed by atoms with Gasteiger partial charge in [-0.05, 0) is 45.0 Å². The summed E-state index contributed by atoms with van der Waals surface area (Å²) in [6.45, 7) is 6.06. The Labute approximate surface area is 200 Å². The van der Waals surface area contributed by atoms with Crippen LogP contribution in [-0.4, -0.2) is 73.6 Å². The van der Waals surface area contributed by atoms with Crippen LogP contribution in [0.3, 0.4) is 0 Å². The smallest absolute Gasteiger partial charge is 0.410 e. The molecule has 3 rings (SSSR count). The number of hydrogen-bond acceptors (Lipinski definition) is 7. The van der Waals surface area contributed by atoms with Gasteiger partial charge in [0.15, 0.2) is 0 Å². The number of ether oxygens (including phenoxy) is 2. The molecule has 1 aromatic carbocycles. The van der Waals surface area contributed by atoms with Crippen molar-refractivity contribution in [3.8, 4) is 0 Å². The van der Waals surface area contributed by atoms with Crippen molar-refractivity contribution in [1.29, 1.82) is 0 Å². The molecule has 11 heteroatoms. The Balaban J connectivity index is 1.79. The molecule has 184 valence electrons. The molecule has 0 N–H and O–H groups in total. The standard InChI is InChI=1S/C23H30N4O6S/c1-23(2,3)33-22(29)25-12-14-26(15-13-25)34(30,31)27(20-8-6-5-7-9-20)17-19-11-10-18(16-24-19)21(28)32-4/h5-11,16H,12-15,17H2,1-4H3. The molecule has 1 fully saturated rings. The number of amides is 1. The molecule has 1 amide bonds. The van der Waals surface area contributed by atoms with E-state index in [4.69, 9.17) is 4.74 Å². The third-order valence-electron chi connectivity index (χ3n) is 5.09. The van der Waals surface area contributed by atoms with Gasteiger partial charge in [-0.1, -0.05) is 18.2 Å². The number of rotatable bonds is 6. The molecule has 0 spiro atoms. The lowest BCUT2D eigenvalue weighted by Gasteiger charge is -2.37. The first-order valence-electron chi connectivity index (χ1n) is 10.9. The van der Waals surface area contributed by atoms with Gasteiger partial charge in [0.1, 0.15) is 5.60 Å². The van der Waals surface area contributed by atoms with Crippen LogP contribution in [0.4, 0.5) is 10.5 Å². The summed E-state index contributed by atoms with van der Waals surface area (Å²) >= 11 is 0. The Hall–Kier alpha value is -3.18. The van der Waals surface area contributed by atoms with Gasteiger partial charge in [0.2, 0.25) is 0 Å². The van der Waals surface area contributed by atoms with Gasteiger partial charge in [0, 0.05) is 32.4 Å². The Kier molecular flexibility index (Phi) is 7.78. The lowest BCUT2D eigenvalue weighted by atomic mass is 10.2. The van der Waals surface area contributed by atoms with Crippen molar-refractivity contribution in [3.63, 3.8) is 0 Å². The predicted molar refractivity (Wildman–Crippen MR) is 127 cm³/mol. The SMILES string of the molecule is COC(=O)c1ccc(CN(c2ccccc2)S(=O)(=O)N2CCN(C(=O)OC(C)(C)C)CC2)nc1. The number of piperazine rings is 1. The minimum Gasteiger partial charge on any atom is -0.465 e. The highest BCUT2D eigenvalue weighted by Crippen LogP contribution is 2.24. The van der Waals surface area contributed by atoms with Crippen molar-refractivity contribution in [2.45, 2.75) is 32.9 Å². The van der Waals surface area contributed by atoms with Gasteiger partial charge in [-0.3, -0.25) is 9.29 Å². The van der Waals surface area contributed by atoms with Crippen molar-refractivity contribution in [3.05, 3.63) is 59.9 Å². The van der Waals surface area contributed by atoms with Crippen LogP contribution in [-0.2, 0) is 26.2 Å². The maximum absolute atomic E-state index is 13.6. The third kappa shape index (κ3) is 6.23. The second-order valence-corrected chi connectivity index (χ2v) is 10.6. The second-order valence-electron chi connectivity index (χ2n) is 8.75. The number of nitrogens with zero attached hydrogens (tertiary/aromatic N) is 4. The van der Waals surface area contributed by atoms with Gasteiger partial charge < -0.3 is 14.4 Å². The monoisotopic (exact) mass is 490 g/mol. The highest BCUT2D eigenvalue weighted by atomic mass is 32.2. The third-order valence-corrected chi connectivity index (χ3v) is 7.01. The van der Waals surface area contributed by atoms with E-state index in [9.17, 15) is 18.0 Å². The maximum atomic E-state index is 13.6. The van der Waals surface area contributed by atoms with E-state index < -0.39 is 27.9 Å². The van der Waals surface area contributed by atoms with E-state index in [2.05, 4.69) is 9.72 Å². The maximum Gasteiger partial charge on any atom is 0.410 e. The normalized spacial score (nSPS) is 15.0. The molecule has 1 aliphatic heterocycles. The van der Waals surface area contributed by atoms with Crippen LogP contribution >= 0.6 is 0 Å².